The molecule has 3 fully saturated rings. The van der Waals surface area contributed by atoms with Crippen molar-refractivity contribution in [2.75, 3.05) is 28.3 Å². The number of ether oxygens (including phenoxy) is 7. The van der Waals surface area contributed by atoms with Gasteiger partial charge in [0, 0.05) is 44.4 Å². The van der Waals surface area contributed by atoms with Gasteiger partial charge in [-0.05, 0) is 74.9 Å². The van der Waals surface area contributed by atoms with Crippen molar-refractivity contribution in [3.05, 3.63) is 0 Å². The van der Waals surface area contributed by atoms with Crippen molar-refractivity contribution < 1.29 is 63.6 Å². The van der Waals surface area contributed by atoms with Gasteiger partial charge in [-0.25, -0.2) is 0 Å². The van der Waals surface area contributed by atoms with Crippen LogP contribution in [-0.4, -0.2) is 155 Å². The fourth-order valence-corrected chi connectivity index (χ4v) is 8.78. The van der Waals surface area contributed by atoms with Gasteiger partial charge >= 0.3 is 5.97 Å². The number of nitrogens with zero attached hydrogens (tertiary/aromatic N) is 2. The van der Waals surface area contributed by atoms with Gasteiger partial charge in [0.2, 0.25) is 0 Å². The summed E-state index contributed by atoms with van der Waals surface area (Å²) < 4.78 is 44.1. The van der Waals surface area contributed by atoms with Crippen LogP contribution in [0.1, 0.15) is 94.9 Å². The standard InChI is InChI=1S/C38H70N2O13/c1-15-26-38(10,45)31(42)21(4)28(39-46)19(2)17-37(9,48-14)33(53-35-29(41)25(40(11)12)16-20(3)49-35)22(5)30(23(6)34(44)51-26)52-27-18-36(8,47-13)32(43)24(7)50-27/h19-27,29-33,35,41-43,45-46H,15-18H2,1-14H3/b39-28+/t19-,20-,21+,22+,23-,24+,25+,26-,27?,29-,30+,31-,32+,33-,35+,36-,37-,38-/m1/s1. The Morgan fingerprint density at radius 1 is 0.887 bits per heavy atom. The summed E-state index contributed by atoms with van der Waals surface area (Å²) in [5.41, 5.74) is -3.99. The number of aliphatic hydroxyl groups excluding tert-OH is 3. The molecule has 0 aromatic rings. The van der Waals surface area contributed by atoms with E-state index in [1.54, 1.807) is 34.6 Å². The molecule has 18 atom stereocenters. The lowest BCUT2D eigenvalue weighted by Gasteiger charge is -2.50. The quantitative estimate of drug-likeness (QED) is 0.137. The van der Waals surface area contributed by atoms with Crippen molar-refractivity contribution in [2.24, 2.45) is 28.8 Å². The maximum absolute atomic E-state index is 14.2. The van der Waals surface area contributed by atoms with Gasteiger partial charge in [0.05, 0.1) is 53.4 Å². The number of hydrogen-bond acceptors (Lipinski definition) is 15. The van der Waals surface area contributed by atoms with E-state index in [2.05, 4.69) is 5.16 Å². The predicted octanol–water partition coefficient (Wildman–Crippen LogP) is 2.70. The first-order valence-corrected chi connectivity index (χ1v) is 19.1. The minimum absolute atomic E-state index is 0.128. The zero-order valence-corrected chi connectivity index (χ0v) is 34.4. The van der Waals surface area contributed by atoms with E-state index in [-0.39, 0.29) is 37.1 Å². The number of oxime groups is 1. The van der Waals surface area contributed by atoms with E-state index in [0.717, 1.165) is 0 Å². The van der Waals surface area contributed by atoms with Crippen molar-refractivity contribution in [3.63, 3.8) is 0 Å². The summed E-state index contributed by atoms with van der Waals surface area (Å²) in [6.45, 7) is 17.3. The molecule has 53 heavy (non-hydrogen) atoms. The molecular formula is C38H70N2O13. The molecule has 3 aliphatic heterocycles. The maximum Gasteiger partial charge on any atom is 0.311 e. The van der Waals surface area contributed by atoms with Crippen LogP contribution in [0.5, 0.6) is 0 Å². The monoisotopic (exact) mass is 762 g/mol. The second kappa shape index (κ2) is 18.2. The van der Waals surface area contributed by atoms with Gasteiger partial charge < -0.3 is 63.7 Å². The van der Waals surface area contributed by atoms with E-state index in [1.165, 1.54) is 21.1 Å². The summed E-state index contributed by atoms with van der Waals surface area (Å²) in [7, 11) is 6.80. The van der Waals surface area contributed by atoms with Crippen molar-refractivity contribution >= 4 is 11.7 Å². The number of methoxy groups -OCH3 is 2. The largest absolute Gasteiger partial charge is 0.459 e. The van der Waals surface area contributed by atoms with Gasteiger partial charge in [-0.3, -0.25) is 4.79 Å². The molecule has 0 radical (unpaired) electrons. The topological polar surface area (TPSA) is 198 Å². The second-order valence-electron chi connectivity index (χ2n) is 16.8. The molecule has 3 saturated heterocycles. The van der Waals surface area contributed by atoms with Crippen molar-refractivity contribution in [2.45, 2.75) is 179 Å². The van der Waals surface area contributed by atoms with Gasteiger partial charge in [-0.2, -0.15) is 0 Å². The van der Waals surface area contributed by atoms with Crippen molar-refractivity contribution in [1.82, 2.24) is 4.90 Å². The maximum atomic E-state index is 14.2. The molecule has 0 aliphatic carbocycles. The Hall–Kier alpha value is -1.50. The Kier molecular flexibility index (Phi) is 15.7. The summed E-state index contributed by atoms with van der Waals surface area (Å²) in [6, 6.07) is -0.282. The van der Waals surface area contributed by atoms with Gasteiger partial charge in [-0.1, -0.05) is 32.9 Å². The molecule has 15 nitrogen and oxygen atoms in total. The normalized spacial score (nSPS) is 49.1. The summed E-state index contributed by atoms with van der Waals surface area (Å²) in [5, 5.41) is 59.8. The zero-order chi connectivity index (χ0) is 40.4. The Balaban J connectivity index is 2.25. The average Bonchev–Trinajstić information content (AvgIpc) is 3.10. The van der Waals surface area contributed by atoms with E-state index >= 15 is 0 Å². The Morgan fingerprint density at radius 2 is 1.49 bits per heavy atom. The number of rotatable bonds is 8. The number of carbonyl (C=O) groups is 1. The summed E-state index contributed by atoms with van der Waals surface area (Å²) in [4.78, 5) is 16.2. The highest BCUT2D eigenvalue weighted by Gasteiger charge is 2.54. The fraction of sp³-hybridized carbons (Fsp3) is 0.947. The lowest BCUT2D eigenvalue weighted by molar-refractivity contribution is -0.319. The van der Waals surface area contributed by atoms with Crippen molar-refractivity contribution in [1.29, 1.82) is 0 Å². The average molecular weight is 763 g/mol. The molecule has 1 unspecified atom stereocenters. The number of esters is 1. The van der Waals surface area contributed by atoms with Crippen LogP contribution in [0, 0.1) is 23.7 Å². The molecule has 15 heteroatoms. The molecule has 3 aliphatic rings. The lowest BCUT2D eigenvalue weighted by atomic mass is 9.73. The number of likely N-dealkylation sites (N-methyl/N-ethyl adjacent to an activating group) is 1. The Labute approximate surface area is 316 Å². The first-order chi connectivity index (χ1) is 24.5. The molecule has 0 amide bonds. The van der Waals surface area contributed by atoms with E-state index in [1.807, 2.05) is 46.7 Å². The van der Waals surface area contributed by atoms with Gasteiger partial charge in [0.1, 0.15) is 23.9 Å². The fourth-order valence-electron chi connectivity index (χ4n) is 8.78. The van der Waals surface area contributed by atoms with E-state index in [9.17, 15) is 30.4 Å². The minimum Gasteiger partial charge on any atom is -0.459 e. The Morgan fingerprint density at radius 3 is 2.02 bits per heavy atom. The molecule has 5 N–H and O–H groups in total. The molecule has 3 heterocycles. The van der Waals surface area contributed by atoms with E-state index < -0.39 is 102 Å². The highest BCUT2D eigenvalue weighted by Crippen LogP contribution is 2.42. The highest BCUT2D eigenvalue weighted by atomic mass is 16.7. The number of cyclic esters (lactones) is 1. The SMILES string of the molecule is CC[C@H]1OC(=O)[C@H](C)[C@@H](OC2C[C@@](C)(OC)[C@@H](O)[C@H](C)O2)[C@H](C)[C@@H](O[C@@H]2O[C@H](C)C[C@H](N(C)C)[C@H]2O)[C@](C)(OC)C[C@@H](C)/C(=N\O)[C@H](C)[C@@H](O)[C@]1(C)O. The third-order valence-electron chi connectivity index (χ3n) is 12.4. The second-order valence-corrected chi connectivity index (χ2v) is 16.8. The summed E-state index contributed by atoms with van der Waals surface area (Å²) in [5.74, 6) is -3.82. The first-order valence-electron chi connectivity index (χ1n) is 19.1. The summed E-state index contributed by atoms with van der Waals surface area (Å²) in [6.07, 6.45) is -8.53. The van der Waals surface area contributed by atoms with Gasteiger partial charge in [0.25, 0.3) is 0 Å². The predicted molar refractivity (Wildman–Crippen MR) is 195 cm³/mol. The smallest absolute Gasteiger partial charge is 0.311 e. The number of aliphatic hydroxyl groups is 4. The van der Waals surface area contributed by atoms with Crippen LogP contribution < -0.4 is 0 Å². The van der Waals surface area contributed by atoms with Crippen LogP contribution in [0.25, 0.3) is 0 Å². The summed E-state index contributed by atoms with van der Waals surface area (Å²) >= 11 is 0. The van der Waals surface area contributed by atoms with Gasteiger partial charge in [0.15, 0.2) is 12.6 Å². The molecule has 0 saturated carbocycles. The van der Waals surface area contributed by atoms with Crippen LogP contribution in [0.3, 0.4) is 0 Å². The highest BCUT2D eigenvalue weighted by molar-refractivity contribution is 5.88. The van der Waals surface area contributed by atoms with E-state index in [0.29, 0.717) is 6.42 Å². The van der Waals surface area contributed by atoms with Crippen LogP contribution in [0.2, 0.25) is 0 Å². The number of hydrogen-bond donors (Lipinski definition) is 5. The molecule has 0 aromatic carbocycles. The first kappa shape index (κ1) is 45.9. The Bertz CT molecular complexity index is 1220. The lowest BCUT2D eigenvalue weighted by Crippen LogP contribution is -2.61. The van der Waals surface area contributed by atoms with Gasteiger partial charge in [-0.15, -0.1) is 0 Å². The van der Waals surface area contributed by atoms with E-state index in [4.69, 9.17) is 33.2 Å². The molecule has 0 bridgehead atoms. The molecule has 310 valence electrons. The zero-order valence-electron chi connectivity index (χ0n) is 34.4. The van der Waals surface area contributed by atoms with Crippen LogP contribution in [-0.2, 0) is 38.0 Å². The number of carbonyl (C=O) groups excluding carboxylic acids is 1. The van der Waals surface area contributed by atoms with Crippen molar-refractivity contribution in [3.8, 4) is 0 Å². The van der Waals surface area contributed by atoms with Crippen LogP contribution >= 0.6 is 0 Å². The molecular weight excluding hydrogens is 692 g/mol. The van der Waals surface area contributed by atoms with Crippen LogP contribution in [0.4, 0.5) is 0 Å². The van der Waals surface area contributed by atoms with Crippen LogP contribution in [0.15, 0.2) is 5.16 Å². The minimum atomic E-state index is -1.94. The molecule has 3 rings (SSSR count). The molecule has 0 spiro atoms. The third-order valence-corrected chi connectivity index (χ3v) is 12.4. The third kappa shape index (κ3) is 9.73. The molecule has 0 aromatic heterocycles.